The van der Waals surface area contributed by atoms with Crippen LogP contribution in [-0.4, -0.2) is 19.3 Å². The van der Waals surface area contributed by atoms with Crippen LogP contribution in [0, 0.1) is 0 Å². The zero-order valence-corrected chi connectivity index (χ0v) is 11.5. The third kappa shape index (κ3) is 3.74. The summed E-state index contributed by atoms with van der Waals surface area (Å²) in [4.78, 5) is 0. The summed E-state index contributed by atoms with van der Waals surface area (Å²) in [6, 6.07) is 8.34. The number of ether oxygens (including phenoxy) is 2. The van der Waals surface area contributed by atoms with Gasteiger partial charge in [-0.05, 0) is 43.2 Å². The largest absolute Gasteiger partial charge is 0.493 e. The van der Waals surface area contributed by atoms with E-state index in [0.717, 1.165) is 31.8 Å². The van der Waals surface area contributed by atoms with Gasteiger partial charge in [0.1, 0.15) is 5.75 Å². The normalized spacial score (nSPS) is 19.4. The Morgan fingerprint density at radius 1 is 1.33 bits per heavy atom. The fourth-order valence-corrected chi connectivity index (χ4v) is 2.45. The number of rotatable bonds is 6. The maximum absolute atomic E-state index is 5.90. The lowest BCUT2D eigenvalue weighted by Crippen LogP contribution is -2.08. The summed E-state index contributed by atoms with van der Waals surface area (Å²) < 4.78 is 11.5. The van der Waals surface area contributed by atoms with Crippen molar-refractivity contribution in [2.45, 2.75) is 51.6 Å². The molecule has 2 heteroatoms. The van der Waals surface area contributed by atoms with Gasteiger partial charge in [-0.1, -0.05) is 32.0 Å². The highest BCUT2D eigenvalue weighted by molar-refractivity contribution is 5.35. The Balaban J connectivity index is 1.75. The summed E-state index contributed by atoms with van der Waals surface area (Å²) in [5.74, 6) is 1.55. The van der Waals surface area contributed by atoms with Gasteiger partial charge in [-0.25, -0.2) is 0 Å². The highest BCUT2D eigenvalue weighted by Gasteiger charge is 2.14. The van der Waals surface area contributed by atoms with E-state index < -0.39 is 0 Å². The van der Waals surface area contributed by atoms with E-state index in [-0.39, 0.29) is 0 Å². The molecule has 0 spiro atoms. The highest BCUT2D eigenvalue weighted by Crippen LogP contribution is 2.26. The van der Waals surface area contributed by atoms with Crippen molar-refractivity contribution >= 4 is 0 Å². The van der Waals surface area contributed by atoms with Gasteiger partial charge in [-0.2, -0.15) is 0 Å². The van der Waals surface area contributed by atoms with Crippen LogP contribution in [0.3, 0.4) is 0 Å². The summed E-state index contributed by atoms with van der Waals surface area (Å²) >= 11 is 0. The van der Waals surface area contributed by atoms with E-state index in [9.17, 15) is 0 Å². The van der Waals surface area contributed by atoms with Crippen molar-refractivity contribution in [3.8, 4) is 5.75 Å². The van der Waals surface area contributed by atoms with Gasteiger partial charge in [-0.3, -0.25) is 0 Å². The van der Waals surface area contributed by atoms with Crippen molar-refractivity contribution in [3.63, 3.8) is 0 Å². The predicted octanol–water partition coefficient (Wildman–Crippen LogP) is 4.15. The molecule has 1 unspecified atom stereocenters. The third-order valence-electron chi connectivity index (χ3n) is 3.49. The Morgan fingerprint density at radius 3 is 2.89 bits per heavy atom. The summed E-state index contributed by atoms with van der Waals surface area (Å²) in [7, 11) is 0. The summed E-state index contributed by atoms with van der Waals surface area (Å²) in [6.45, 7) is 6.15. The van der Waals surface area contributed by atoms with Gasteiger partial charge in [0.05, 0.1) is 12.7 Å². The van der Waals surface area contributed by atoms with Crippen molar-refractivity contribution in [3.05, 3.63) is 29.8 Å². The van der Waals surface area contributed by atoms with Crippen molar-refractivity contribution in [1.29, 1.82) is 0 Å². The van der Waals surface area contributed by atoms with Gasteiger partial charge in [0.2, 0.25) is 0 Å². The summed E-state index contributed by atoms with van der Waals surface area (Å²) in [5, 5.41) is 0. The van der Waals surface area contributed by atoms with Crippen LogP contribution in [-0.2, 0) is 4.74 Å². The number of benzene rings is 1. The predicted molar refractivity (Wildman–Crippen MR) is 74.2 cm³/mol. The van der Waals surface area contributed by atoms with E-state index in [1.807, 2.05) is 6.07 Å². The zero-order valence-electron chi connectivity index (χ0n) is 11.5. The highest BCUT2D eigenvalue weighted by atomic mass is 16.5. The van der Waals surface area contributed by atoms with Crippen LogP contribution >= 0.6 is 0 Å². The molecule has 0 aromatic heterocycles. The molecule has 1 fully saturated rings. The molecule has 1 heterocycles. The van der Waals surface area contributed by atoms with E-state index in [0.29, 0.717) is 12.0 Å². The van der Waals surface area contributed by atoms with Crippen LogP contribution in [0.2, 0.25) is 0 Å². The van der Waals surface area contributed by atoms with Crippen LogP contribution in [0.4, 0.5) is 0 Å². The van der Waals surface area contributed by atoms with Crippen LogP contribution in [0.15, 0.2) is 24.3 Å². The van der Waals surface area contributed by atoms with Crippen molar-refractivity contribution in [2.75, 3.05) is 13.2 Å². The fourth-order valence-electron chi connectivity index (χ4n) is 2.45. The van der Waals surface area contributed by atoms with Crippen LogP contribution in [0.1, 0.15) is 51.0 Å². The molecule has 0 amide bonds. The average molecular weight is 248 g/mol. The van der Waals surface area contributed by atoms with Crippen LogP contribution in [0.5, 0.6) is 5.75 Å². The molecule has 2 rings (SSSR count). The van der Waals surface area contributed by atoms with Gasteiger partial charge < -0.3 is 9.47 Å². The molecule has 0 N–H and O–H groups in total. The smallest absolute Gasteiger partial charge is 0.122 e. The second-order valence-corrected chi connectivity index (χ2v) is 5.32. The molecular formula is C16H24O2. The molecule has 100 valence electrons. The topological polar surface area (TPSA) is 18.5 Å². The second-order valence-electron chi connectivity index (χ2n) is 5.32. The minimum atomic E-state index is 0.481. The van der Waals surface area contributed by atoms with Gasteiger partial charge in [0.15, 0.2) is 0 Å². The SMILES string of the molecule is CC(C)c1ccccc1OCCCC1CCCO1. The monoisotopic (exact) mass is 248 g/mol. The molecule has 1 aliphatic heterocycles. The Kier molecular flexibility index (Phi) is 5.06. The summed E-state index contributed by atoms with van der Waals surface area (Å²) in [5.41, 5.74) is 1.30. The standard InChI is InChI=1S/C16H24O2/c1-13(2)15-9-3-4-10-16(15)18-12-6-8-14-7-5-11-17-14/h3-4,9-10,13-14H,5-8,11-12H2,1-2H3. The lowest BCUT2D eigenvalue weighted by Gasteiger charge is -2.14. The quantitative estimate of drug-likeness (QED) is 0.704. The van der Waals surface area contributed by atoms with Gasteiger partial charge in [0.25, 0.3) is 0 Å². The Hall–Kier alpha value is -1.02. The number of hydrogen-bond acceptors (Lipinski definition) is 2. The maximum atomic E-state index is 5.90. The van der Waals surface area contributed by atoms with Crippen molar-refractivity contribution in [1.82, 2.24) is 0 Å². The number of hydrogen-bond donors (Lipinski definition) is 0. The molecule has 18 heavy (non-hydrogen) atoms. The molecule has 0 bridgehead atoms. The van der Waals surface area contributed by atoms with E-state index >= 15 is 0 Å². The molecule has 1 aromatic rings. The first kappa shape index (κ1) is 13.4. The van der Waals surface area contributed by atoms with Crippen molar-refractivity contribution < 1.29 is 9.47 Å². The first-order valence-corrected chi connectivity index (χ1v) is 7.10. The molecule has 0 saturated carbocycles. The van der Waals surface area contributed by atoms with E-state index in [4.69, 9.17) is 9.47 Å². The van der Waals surface area contributed by atoms with Gasteiger partial charge >= 0.3 is 0 Å². The molecule has 0 aliphatic carbocycles. The maximum Gasteiger partial charge on any atom is 0.122 e. The van der Waals surface area contributed by atoms with Gasteiger partial charge in [-0.15, -0.1) is 0 Å². The lowest BCUT2D eigenvalue weighted by atomic mass is 10.0. The van der Waals surface area contributed by atoms with Crippen LogP contribution < -0.4 is 4.74 Å². The summed E-state index contributed by atoms with van der Waals surface area (Å²) in [6.07, 6.45) is 5.14. The van der Waals surface area contributed by atoms with E-state index in [1.165, 1.54) is 18.4 Å². The molecule has 2 nitrogen and oxygen atoms in total. The zero-order chi connectivity index (χ0) is 12.8. The second kappa shape index (κ2) is 6.79. The molecule has 1 aromatic carbocycles. The first-order valence-electron chi connectivity index (χ1n) is 7.10. The minimum absolute atomic E-state index is 0.481. The van der Waals surface area contributed by atoms with E-state index in [1.54, 1.807) is 0 Å². The Labute approximate surface area is 110 Å². The van der Waals surface area contributed by atoms with Gasteiger partial charge in [0, 0.05) is 6.61 Å². The molecular weight excluding hydrogens is 224 g/mol. The first-order chi connectivity index (χ1) is 8.77. The Morgan fingerprint density at radius 2 is 2.17 bits per heavy atom. The van der Waals surface area contributed by atoms with Crippen molar-refractivity contribution in [2.24, 2.45) is 0 Å². The minimum Gasteiger partial charge on any atom is -0.493 e. The third-order valence-corrected chi connectivity index (χ3v) is 3.49. The molecule has 1 atom stereocenters. The van der Waals surface area contributed by atoms with Crippen LogP contribution in [0.25, 0.3) is 0 Å². The molecule has 0 radical (unpaired) electrons. The Bertz CT molecular complexity index is 354. The fraction of sp³-hybridized carbons (Fsp3) is 0.625. The molecule has 1 saturated heterocycles. The molecule has 1 aliphatic rings. The van der Waals surface area contributed by atoms with E-state index in [2.05, 4.69) is 32.0 Å². The number of para-hydroxylation sites is 1. The lowest BCUT2D eigenvalue weighted by molar-refractivity contribution is 0.0981. The average Bonchev–Trinajstić information content (AvgIpc) is 2.88.